The van der Waals surface area contributed by atoms with Gasteiger partial charge in [0.15, 0.2) is 0 Å². The Morgan fingerprint density at radius 1 is 1.00 bits per heavy atom. The van der Waals surface area contributed by atoms with Crippen LogP contribution in [-0.4, -0.2) is 62.2 Å². The molecular formula is C13H29BN2Sn. The monoisotopic (exact) mass is 344 g/mol. The van der Waals surface area contributed by atoms with Gasteiger partial charge >= 0.3 is 113 Å². The van der Waals surface area contributed by atoms with Crippen LogP contribution in [0.25, 0.3) is 0 Å². The van der Waals surface area contributed by atoms with Gasteiger partial charge in [0.05, 0.1) is 0 Å². The minimum atomic E-state index is -1.65. The van der Waals surface area contributed by atoms with Crippen LogP contribution in [0.15, 0.2) is 11.1 Å². The van der Waals surface area contributed by atoms with Crippen LogP contribution in [0.5, 0.6) is 0 Å². The summed E-state index contributed by atoms with van der Waals surface area (Å²) in [5.74, 6) is 0. The van der Waals surface area contributed by atoms with E-state index in [1.54, 1.807) is 11.1 Å². The predicted octanol–water partition coefficient (Wildman–Crippen LogP) is 3.03. The van der Waals surface area contributed by atoms with Crippen molar-refractivity contribution in [3.63, 3.8) is 0 Å². The molecule has 0 aromatic rings. The van der Waals surface area contributed by atoms with E-state index < -0.39 is 18.4 Å². The molecule has 1 heterocycles. The third-order valence-electron chi connectivity index (χ3n) is 3.84. The summed E-state index contributed by atoms with van der Waals surface area (Å²) in [4.78, 5) is 12.5. The summed E-state index contributed by atoms with van der Waals surface area (Å²) < 4.78 is 1.42. The standard InChI is InChI=1S/C10H20BN2.3CH3.Sn/c1-9(2)10(3)8-11-12(4)6-7-13(11)5;;;;/h1,6-8H2,2-5H3;3*1H3;. The van der Waals surface area contributed by atoms with E-state index in [1.165, 1.54) is 23.8 Å². The van der Waals surface area contributed by atoms with Gasteiger partial charge in [-0.2, -0.15) is 0 Å². The van der Waals surface area contributed by atoms with Crippen molar-refractivity contribution < 1.29 is 0 Å². The van der Waals surface area contributed by atoms with Crippen LogP contribution < -0.4 is 0 Å². The van der Waals surface area contributed by atoms with Crippen molar-refractivity contribution in [1.82, 2.24) is 9.62 Å². The molecule has 0 saturated carbocycles. The quantitative estimate of drug-likeness (QED) is 0.572. The molecule has 98 valence electrons. The van der Waals surface area contributed by atoms with Crippen molar-refractivity contribution in [3.05, 3.63) is 11.1 Å². The number of rotatable bonds is 4. The van der Waals surface area contributed by atoms with Crippen molar-refractivity contribution in [1.29, 1.82) is 0 Å². The fourth-order valence-electron chi connectivity index (χ4n) is 2.66. The zero-order valence-electron chi connectivity index (χ0n) is 12.8. The Morgan fingerprint density at radius 2 is 1.47 bits per heavy atom. The van der Waals surface area contributed by atoms with Gasteiger partial charge in [0.25, 0.3) is 0 Å². The van der Waals surface area contributed by atoms with Gasteiger partial charge in [-0.1, -0.05) is 0 Å². The molecule has 1 aliphatic heterocycles. The van der Waals surface area contributed by atoms with Crippen molar-refractivity contribution in [2.75, 3.05) is 27.2 Å². The summed E-state index contributed by atoms with van der Waals surface area (Å²) in [6.45, 7) is 7.75. The molecule has 17 heavy (non-hydrogen) atoms. The second-order valence-electron chi connectivity index (χ2n) is 6.94. The van der Waals surface area contributed by atoms with Crippen molar-refractivity contribution in [3.8, 4) is 0 Å². The van der Waals surface area contributed by atoms with Crippen molar-refractivity contribution in [2.24, 2.45) is 0 Å². The molecule has 2 nitrogen and oxygen atoms in total. The first kappa shape index (κ1) is 15.6. The predicted molar refractivity (Wildman–Crippen MR) is 82.3 cm³/mol. The Bertz CT molecular complexity index is 286. The van der Waals surface area contributed by atoms with Crippen LogP contribution in [0.1, 0.15) is 13.8 Å². The van der Waals surface area contributed by atoms with E-state index in [-0.39, 0.29) is 0 Å². The van der Waals surface area contributed by atoms with Crippen LogP contribution in [0.3, 0.4) is 0 Å². The van der Waals surface area contributed by atoms with Crippen LogP contribution in [0.4, 0.5) is 0 Å². The first-order valence-corrected chi connectivity index (χ1v) is 17.3. The van der Waals surface area contributed by atoms with Gasteiger partial charge in [0, 0.05) is 0 Å². The molecule has 1 aliphatic rings. The van der Waals surface area contributed by atoms with Crippen molar-refractivity contribution >= 4 is 25.4 Å². The van der Waals surface area contributed by atoms with E-state index >= 15 is 0 Å². The maximum absolute atomic E-state index is 2.53. The number of hydrogen-bond acceptors (Lipinski definition) is 2. The third-order valence-corrected chi connectivity index (χ3v) is 8.38. The molecule has 0 spiro atoms. The molecule has 0 unspecified atom stereocenters. The first-order valence-electron chi connectivity index (χ1n) is 6.76. The van der Waals surface area contributed by atoms with E-state index in [9.17, 15) is 0 Å². The average Bonchev–Trinajstić information content (AvgIpc) is 2.46. The number of hydrogen-bond donors (Lipinski definition) is 0. The normalized spacial score (nSPS) is 21.0. The van der Waals surface area contributed by atoms with Crippen LogP contribution >= 0.6 is 0 Å². The first-order chi connectivity index (χ1) is 7.70. The summed E-state index contributed by atoms with van der Waals surface area (Å²) in [6, 6.07) is 0. The molecule has 0 N–H and O–H groups in total. The molecule has 0 aliphatic carbocycles. The Hall–Kier alpha value is 0.524. The fraction of sp³-hybridized carbons (Fsp3) is 0.846. The topological polar surface area (TPSA) is 6.48 Å². The molecule has 1 rings (SSSR count). The summed E-state index contributed by atoms with van der Waals surface area (Å²) in [7, 11) is 4.50. The molecule has 0 aromatic carbocycles. The van der Waals surface area contributed by atoms with E-state index in [2.05, 4.69) is 52.4 Å². The molecule has 0 amide bonds. The van der Waals surface area contributed by atoms with Gasteiger partial charge in [0.1, 0.15) is 0 Å². The van der Waals surface area contributed by atoms with Gasteiger partial charge in [-0.05, 0) is 0 Å². The fourth-order valence-corrected chi connectivity index (χ4v) is 8.06. The van der Waals surface area contributed by atoms with Gasteiger partial charge in [-0.15, -0.1) is 0 Å². The van der Waals surface area contributed by atoms with E-state index in [0.29, 0.717) is 6.98 Å². The molecule has 0 radical (unpaired) electrons. The number of nitrogens with zero attached hydrogens (tertiary/aromatic N) is 2. The molecular weight excluding hydrogens is 314 g/mol. The summed E-state index contributed by atoms with van der Waals surface area (Å²) >= 11 is -1.65. The zero-order valence-corrected chi connectivity index (χ0v) is 15.7. The third kappa shape index (κ3) is 4.95. The number of likely N-dealkylation sites (N-methyl/N-ethyl adjacent to an activating group) is 2. The van der Waals surface area contributed by atoms with E-state index in [4.69, 9.17) is 0 Å². The Balaban J connectivity index is 2.64. The average molecular weight is 343 g/mol. The molecule has 4 heteroatoms. The van der Waals surface area contributed by atoms with Gasteiger partial charge in [-0.3, -0.25) is 0 Å². The summed E-state index contributed by atoms with van der Waals surface area (Å²) in [6.07, 6.45) is 1.22. The Kier molecular flexibility index (Phi) is 5.60. The maximum atomic E-state index is 2.53. The second-order valence-corrected chi connectivity index (χ2v) is 22.6. The molecule has 0 atom stereocenters. The van der Waals surface area contributed by atoms with Gasteiger partial charge in [-0.25, -0.2) is 0 Å². The zero-order chi connectivity index (χ0) is 13.2. The van der Waals surface area contributed by atoms with E-state index in [0.717, 1.165) is 0 Å². The molecule has 0 bridgehead atoms. The van der Waals surface area contributed by atoms with Crippen LogP contribution in [0.2, 0.25) is 25.6 Å². The molecule has 1 fully saturated rings. The number of allylic oxidation sites excluding steroid dienone is 2. The Morgan fingerprint density at radius 3 is 1.88 bits per heavy atom. The minimum absolute atomic E-state index is 0.625. The SMILES string of the molecule is CC(CB1N(C)CCN1C)=C(C)[CH2][Sn]([CH3])([CH3])[CH3]. The second kappa shape index (κ2) is 6.11. The molecule has 0 aromatic heterocycles. The summed E-state index contributed by atoms with van der Waals surface area (Å²) in [5.41, 5.74) is 3.30. The van der Waals surface area contributed by atoms with Gasteiger partial charge in [0.2, 0.25) is 0 Å². The molecule has 1 saturated heterocycles. The summed E-state index contributed by atoms with van der Waals surface area (Å²) in [5, 5.41) is 0. The van der Waals surface area contributed by atoms with Crippen molar-refractivity contribution in [2.45, 2.75) is 39.4 Å². The van der Waals surface area contributed by atoms with Crippen LogP contribution in [-0.2, 0) is 0 Å². The van der Waals surface area contributed by atoms with Crippen LogP contribution in [0, 0.1) is 0 Å². The van der Waals surface area contributed by atoms with E-state index in [1.807, 2.05) is 0 Å². The van der Waals surface area contributed by atoms with Gasteiger partial charge < -0.3 is 0 Å². The Labute approximate surface area is 112 Å².